The van der Waals surface area contributed by atoms with Crippen LogP contribution in [0, 0.1) is 0 Å². The standard InChI is InChI=1S/C10H20N2O2/c1-8(13)4-2-7-12-10(14)9-5-3-6-11-9/h8-9,11,13H,2-7H2,1H3,(H,12,14)/t8?,9-/m0/s1. The lowest BCUT2D eigenvalue weighted by Gasteiger charge is -2.11. The van der Waals surface area contributed by atoms with E-state index in [1.807, 2.05) is 0 Å². The fourth-order valence-corrected chi connectivity index (χ4v) is 1.64. The molecule has 14 heavy (non-hydrogen) atoms. The topological polar surface area (TPSA) is 61.4 Å². The van der Waals surface area contributed by atoms with Gasteiger partial charge in [-0.3, -0.25) is 4.79 Å². The molecule has 1 rings (SSSR count). The van der Waals surface area contributed by atoms with E-state index in [0.717, 1.165) is 32.2 Å². The van der Waals surface area contributed by atoms with Crippen LogP contribution >= 0.6 is 0 Å². The lowest BCUT2D eigenvalue weighted by molar-refractivity contribution is -0.122. The summed E-state index contributed by atoms with van der Waals surface area (Å²) in [5, 5.41) is 15.0. The highest BCUT2D eigenvalue weighted by Gasteiger charge is 2.20. The molecular weight excluding hydrogens is 180 g/mol. The summed E-state index contributed by atoms with van der Waals surface area (Å²) in [5.74, 6) is 0.105. The van der Waals surface area contributed by atoms with Gasteiger partial charge in [-0.05, 0) is 39.2 Å². The largest absolute Gasteiger partial charge is 0.393 e. The highest BCUT2D eigenvalue weighted by molar-refractivity contribution is 5.81. The summed E-state index contributed by atoms with van der Waals surface area (Å²) >= 11 is 0. The van der Waals surface area contributed by atoms with Crippen molar-refractivity contribution in [1.82, 2.24) is 10.6 Å². The fourth-order valence-electron chi connectivity index (χ4n) is 1.64. The van der Waals surface area contributed by atoms with Crippen molar-refractivity contribution in [2.45, 2.75) is 44.8 Å². The van der Waals surface area contributed by atoms with Crippen LogP contribution in [0.15, 0.2) is 0 Å². The summed E-state index contributed by atoms with van der Waals surface area (Å²) < 4.78 is 0. The molecule has 1 saturated heterocycles. The Morgan fingerprint density at radius 1 is 1.71 bits per heavy atom. The molecule has 4 nitrogen and oxygen atoms in total. The SMILES string of the molecule is CC(O)CCCNC(=O)[C@@H]1CCCN1. The molecule has 0 aliphatic carbocycles. The molecule has 1 fully saturated rings. The van der Waals surface area contributed by atoms with Crippen LogP contribution in [0.2, 0.25) is 0 Å². The Kier molecular flexibility index (Phi) is 4.90. The van der Waals surface area contributed by atoms with E-state index in [4.69, 9.17) is 5.11 Å². The van der Waals surface area contributed by atoms with E-state index in [-0.39, 0.29) is 18.1 Å². The van der Waals surface area contributed by atoms with E-state index in [1.54, 1.807) is 6.92 Å². The summed E-state index contributed by atoms with van der Waals surface area (Å²) in [6.45, 7) is 3.38. The quantitative estimate of drug-likeness (QED) is 0.548. The van der Waals surface area contributed by atoms with Gasteiger partial charge < -0.3 is 15.7 Å². The maximum absolute atomic E-state index is 11.5. The average molecular weight is 200 g/mol. The summed E-state index contributed by atoms with van der Waals surface area (Å²) in [6, 6.07) is 0.0153. The van der Waals surface area contributed by atoms with Crippen molar-refractivity contribution in [3.8, 4) is 0 Å². The molecule has 2 atom stereocenters. The predicted octanol–water partition coefficient (Wildman–Crippen LogP) is 0.0156. The number of amides is 1. The lowest BCUT2D eigenvalue weighted by Crippen LogP contribution is -2.40. The highest BCUT2D eigenvalue weighted by Crippen LogP contribution is 2.04. The Labute approximate surface area is 85.1 Å². The zero-order chi connectivity index (χ0) is 10.4. The van der Waals surface area contributed by atoms with Crippen LogP contribution in [0.3, 0.4) is 0 Å². The van der Waals surface area contributed by atoms with E-state index >= 15 is 0 Å². The molecule has 0 aromatic carbocycles. The van der Waals surface area contributed by atoms with Gasteiger partial charge in [-0.25, -0.2) is 0 Å². The zero-order valence-electron chi connectivity index (χ0n) is 8.75. The molecule has 1 amide bonds. The van der Waals surface area contributed by atoms with Crippen molar-refractivity contribution in [1.29, 1.82) is 0 Å². The molecule has 82 valence electrons. The van der Waals surface area contributed by atoms with Crippen molar-refractivity contribution in [3.63, 3.8) is 0 Å². The monoisotopic (exact) mass is 200 g/mol. The Hall–Kier alpha value is -0.610. The fraction of sp³-hybridized carbons (Fsp3) is 0.900. The zero-order valence-corrected chi connectivity index (χ0v) is 8.75. The van der Waals surface area contributed by atoms with Gasteiger partial charge in [-0.15, -0.1) is 0 Å². The molecule has 0 bridgehead atoms. The normalized spacial score (nSPS) is 23.4. The predicted molar refractivity (Wildman–Crippen MR) is 54.9 cm³/mol. The summed E-state index contributed by atoms with van der Waals surface area (Å²) in [6.07, 6.45) is 3.36. The number of rotatable bonds is 5. The minimum Gasteiger partial charge on any atom is -0.393 e. The third-order valence-electron chi connectivity index (χ3n) is 2.47. The molecule has 0 saturated carbocycles. The van der Waals surface area contributed by atoms with Gasteiger partial charge in [0.15, 0.2) is 0 Å². The van der Waals surface area contributed by atoms with Gasteiger partial charge in [-0.2, -0.15) is 0 Å². The molecule has 4 heteroatoms. The smallest absolute Gasteiger partial charge is 0.237 e. The molecular formula is C10H20N2O2. The van der Waals surface area contributed by atoms with Crippen LogP contribution in [0.1, 0.15) is 32.6 Å². The first-order valence-corrected chi connectivity index (χ1v) is 5.39. The van der Waals surface area contributed by atoms with Gasteiger partial charge >= 0.3 is 0 Å². The Morgan fingerprint density at radius 2 is 2.50 bits per heavy atom. The average Bonchev–Trinajstić information content (AvgIpc) is 2.64. The first kappa shape index (κ1) is 11.5. The van der Waals surface area contributed by atoms with Gasteiger partial charge in [0.25, 0.3) is 0 Å². The van der Waals surface area contributed by atoms with Gasteiger partial charge in [0, 0.05) is 6.54 Å². The van der Waals surface area contributed by atoms with Gasteiger partial charge in [0.1, 0.15) is 0 Å². The molecule has 0 aromatic heterocycles. The van der Waals surface area contributed by atoms with Crippen molar-refractivity contribution < 1.29 is 9.90 Å². The van der Waals surface area contributed by atoms with Gasteiger partial charge in [-0.1, -0.05) is 0 Å². The van der Waals surface area contributed by atoms with E-state index in [0.29, 0.717) is 6.54 Å². The van der Waals surface area contributed by atoms with Crippen LogP contribution < -0.4 is 10.6 Å². The van der Waals surface area contributed by atoms with E-state index in [1.165, 1.54) is 0 Å². The van der Waals surface area contributed by atoms with Crippen LogP contribution in [-0.2, 0) is 4.79 Å². The van der Waals surface area contributed by atoms with E-state index in [2.05, 4.69) is 10.6 Å². The number of aliphatic hydroxyl groups is 1. The van der Waals surface area contributed by atoms with Crippen molar-refractivity contribution in [3.05, 3.63) is 0 Å². The summed E-state index contributed by atoms with van der Waals surface area (Å²) in [7, 11) is 0. The molecule has 1 aliphatic rings. The van der Waals surface area contributed by atoms with Gasteiger partial charge in [0.05, 0.1) is 12.1 Å². The van der Waals surface area contributed by atoms with Crippen LogP contribution in [0.25, 0.3) is 0 Å². The second kappa shape index (κ2) is 5.98. The Balaban J connectivity index is 2.03. The van der Waals surface area contributed by atoms with Crippen LogP contribution in [-0.4, -0.2) is 36.2 Å². The number of carbonyl (C=O) groups is 1. The van der Waals surface area contributed by atoms with Crippen LogP contribution in [0.4, 0.5) is 0 Å². The maximum atomic E-state index is 11.5. The molecule has 1 aliphatic heterocycles. The first-order chi connectivity index (χ1) is 6.70. The second-order valence-electron chi connectivity index (χ2n) is 3.93. The summed E-state index contributed by atoms with van der Waals surface area (Å²) in [4.78, 5) is 11.5. The molecule has 1 heterocycles. The first-order valence-electron chi connectivity index (χ1n) is 5.39. The minimum absolute atomic E-state index is 0.0153. The number of hydrogen-bond acceptors (Lipinski definition) is 3. The minimum atomic E-state index is -0.267. The molecule has 1 unspecified atom stereocenters. The third kappa shape index (κ3) is 4.07. The molecule has 3 N–H and O–H groups in total. The van der Waals surface area contributed by atoms with E-state index in [9.17, 15) is 4.79 Å². The summed E-state index contributed by atoms with van der Waals surface area (Å²) in [5.41, 5.74) is 0. The van der Waals surface area contributed by atoms with Crippen LogP contribution in [0.5, 0.6) is 0 Å². The number of carbonyl (C=O) groups excluding carboxylic acids is 1. The maximum Gasteiger partial charge on any atom is 0.237 e. The number of nitrogens with one attached hydrogen (secondary N) is 2. The van der Waals surface area contributed by atoms with Crippen molar-refractivity contribution in [2.24, 2.45) is 0 Å². The second-order valence-corrected chi connectivity index (χ2v) is 3.93. The van der Waals surface area contributed by atoms with E-state index < -0.39 is 0 Å². The Morgan fingerprint density at radius 3 is 3.07 bits per heavy atom. The number of hydrogen-bond donors (Lipinski definition) is 3. The van der Waals surface area contributed by atoms with Crippen molar-refractivity contribution in [2.75, 3.05) is 13.1 Å². The third-order valence-corrected chi connectivity index (χ3v) is 2.47. The highest BCUT2D eigenvalue weighted by atomic mass is 16.3. The van der Waals surface area contributed by atoms with Gasteiger partial charge in [0.2, 0.25) is 5.91 Å². The Bertz CT molecular complexity index is 177. The molecule has 0 radical (unpaired) electrons. The number of aliphatic hydroxyl groups excluding tert-OH is 1. The molecule has 0 spiro atoms. The van der Waals surface area contributed by atoms with Crippen molar-refractivity contribution >= 4 is 5.91 Å². The molecule has 0 aromatic rings. The lowest BCUT2D eigenvalue weighted by atomic mass is 10.2.